The normalized spacial score (nSPS) is 22.9. The first-order valence-corrected chi connectivity index (χ1v) is 7.82. The van der Waals surface area contributed by atoms with Crippen LogP contribution in [-0.2, 0) is 9.47 Å². The zero-order valence-corrected chi connectivity index (χ0v) is 13.4. The van der Waals surface area contributed by atoms with Crippen LogP contribution in [0.2, 0.25) is 0 Å². The Hall–Kier alpha value is -0.810. The largest absolute Gasteiger partial charge is 0.379 e. The van der Waals surface area contributed by atoms with E-state index in [4.69, 9.17) is 9.47 Å². The van der Waals surface area contributed by atoms with Crippen LogP contribution in [0.5, 0.6) is 0 Å². The van der Waals surface area contributed by atoms with E-state index in [1.54, 1.807) is 9.80 Å². The van der Waals surface area contributed by atoms with Crippen molar-refractivity contribution >= 4 is 6.03 Å². The van der Waals surface area contributed by atoms with Crippen LogP contribution in [0, 0.1) is 0 Å². The zero-order valence-electron chi connectivity index (χ0n) is 13.4. The molecule has 0 N–H and O–H groups in total. The molecule has 0 radical (unpaired) electrons. The van der Waals surface area contributed by atoms with Crippen molar-refractivity contribution < 1.29 is 14.3 Å². The topological polar surface area (TPSA) is 42.0 Å². The predicted molar refractivity (Wildman–Crippen MR) is 79.7 cm³/mol. The fraction of sp³-hybridized carbons (Fsp3) is 0.933. The highest BCUT2D eigenvalue weighted by Crippen LogP contribution is 2.21. The van der Waals surface area contributed by atoms with Crippen molar-refractivity contribution in [2.24, 2.45) is 0 Å². The third-order valence-electron chi connectivity index (χ3n) is 3.92. The summed E-state index contributed by atoms with van der Waals surface area (Å²) in [7, 11) is 1.85. The number of nitrogens with zero attached hydrogens (tertiary/aromatic N) is 2. The van der Waals surface area contributed by atoms with Gasteiger partial charge >= 0.3 is 6.03 Å². The quantitative estimate of drug-likeness (QED) is 0.580. The average Bonchev–Trinajstić information content (AvgIpc) is 2.65. The van der Waals surface area contributed by atoms with E-state index in [0.717, 1.165) is 32.3 Å². The number of rotatable bonds is 10. The van der Waals surface area contributed by atoms with Crippen LogP contribution in [0.4, 0.5) is 4.79 Å². The summed E-state index contributed by atoms with van der Waals surface area (Å²) in [6, 6.07) is 0.294. The lowest BCUT2D eigenvalue weighted by Crippen LogP contribution is -2.41. The number of amides is 2. The molecule has 0 aliphatic carbocycles. The molecule has 20 heavy (non-hydrogen) atoms. The summed E-state index contributed by atoms with van der Waals surface area (Å²) in [5, 5.41) is 0. The van der Waals surface area contributed by atoms with Gasteiger partial charge in [0.1, 0.15) is 6.73 Å². The Bertz CT molecular complexity index is 286. The summed E-state index contributed by atoms with van der Waals surface area (Å²) in [6.45, 7) is 8.78. The van der Waals surface area contributed by atoms with Gasteiger partial charge in [-0.2, -0.15) is 0 Å². The Balaban J connectivity index is 2.45. The second-order valence-corrected chi connectivity index (χ2v) is 5.49. The third-order valence-corrected chi connectivity index (χ3v) is 3.92. The number of likely N-dealkylation sites (N-methyl/N-ethyl adjacent to an activating group) is 1. The number of hydrogen-bond donors (Lipinski definition) is 0. The minimum Gasteiger partial charge on any atom is -0.379 e. The first-order valence-electron chi connectivity index (χ1n) is 7.82. The summed E-state index contributed by atoms with van der Waals surface area (Å²) < 4.78 is 11.3. The maximum Gasteiger partial charge on any atom is 0.322 e. The van der Waals surface area contributed by atoms with Crippen molar-refractivity contribution in [3.05, 3.63) is 0 Å². The van der Waals surface area contributed by atoms with Gasteiger partial charge in [0.2, 0.25) is 0 Å². The molecule has 0 aromatic carbocycles. The molecule has 1 fully saturated rings. The van der Waals surface area contributed by atoms with E-state index in [2.05, 4.69) is 20.8 Å². The summed E-state index contributed by atoms with van der Waals surface area (Å²) in [6.07, 6.45) is 4.33. The van der Waals surface area contributed by atoms with E-state index in [0.29, 0.717) is 19.9 Å². The number of carbonyl (C=O) groups excluding carboxylic acids is 1. The Labute approximate surface area is 123 Å². The molecular weight excluding hydrogens is 256 g/mol. The van der Waals surface area contributed by atoms with Crippen LogP contribution in [0.15, 0.2) is 0 Å². The maximum atomic E-state index is 12.2. The highest BCUT2D eigenvalue weighted by Gasteiger charge is 2.41. The van der Waals surface area contributed by atoms with Gasteiger partial charge in [0.25, 0.3) is 0 Å². The standard InChI is InChI=1S/C15H30N2O3/c1-5-7-9-19-11-14-13(3)16(4)15(18)17(14)12-20-10-8-6-2/h13-14H,5-12H2,1-4H3. The number of hydrogen-bond acceptors (Lipinski definition) is 3. The van der Waals surface area contributed by atoms with Crippen molar-refractivity contribution in [1.82, 2.24) is 9.80 Å². The Kier molecular flexibility index (Phi) is 7.92. The van der Waals surface area contributed by atoms with Gasteiger partial charge < -0.3 is 14.4 Å². The second-order valence-electron chi connectivity index (χ2n) is 5.49. The van der Waals surface area contributed by atoms with Gasteiger partial charge in [-0.25, -0.2) is 4.79 Å². The van der Waals surface area contributed by atoms with E-state index < -0.39 is 0 Å². The number of carbonyl (C=O) groups is 1. The van der Waals surface area contributed by atoms with E-state index in [9.17, 15) is 4.79 Å². The molecule has 0 spiro atoms. The van der Waals surface area contributed by atoms with E-state index >= 15 is 0 Å². The molecule has 2 amide bonds. The fourth-order valence-corrected chi connectivity index (χ4v) is 2.28. The van der Waals surface area contributed by atoms with E-state index in [1.807, 2.05) is 7.05 Å². The van der Waals surface area contributed by atoms with Crippen molar-refractivity contribution in [1.29, 1.82) is 0 Å². The molecule has 118 valence electrons. The first kappa shape index (κ1) is 17.2. The van der Waals surface area contributed by atoms with Gasteiger partial charge in [-0.3, -0.25) is 4.90 Å². The molecule has 5 heteroatoms. The maximum absolute atomic E-state index is 12.2. The number of unbranched alkanes of at least 4 members (excludes halogenated alkanes) is 2. The molecule has 2 atom stereocenters. The lowest BCUT2D eigenvalue weighted by Gasteiger charge is -2.25. The summed E-state index contributed by atoms with van der Waals surface area (Å²) >= 11 is 0. The fourth-order valence-electron chi connectivity index (χ4n) is 2.28. The van der Waals surface area contributed by atoms with Gasteiger partial charge in [-0.1, -0.05) is 26.7 Å². The summed E-state index contributed by atoms with van der Waals surface area (Å²) in [4.78, 5) is 15.8. The highest BCUT2D eigenvalue weighted by molar-refractivity contribution is 5.77. The molecular formula is C15H30N2O3. The Morgan fingerprint density at radius 3 is 2.30 bits per heavy atom. The van der Waals surface area contributed by atoms with Crippen LogP contribution in [0.3, 0.4) is 0 Å². The van der Waals surface area contributed by atoms with Crippen molar-refractivity contribution in [2.75, 3.05) is 33.6 Å². The molecule has 1 rings (SSSR count). The van der Waals surface area contributed by atoms with E-state index in [-0.39, 0.29) is 18.1 Å². The molecule has 0 saturated carbocycles. The minimum atomic E-state index is 0.0399. The Morgan fingerprint density at radius 2 is 1.70 bits per heavy atom. The van der Waals surface area contributed by atoms with Crippen LogP contribution in [-0.4, -0.2) is 61.5 Å². The van der Waals surface area contributed by atoms with Crippen LogP contribution < -0.4 is 0 Å². The molecule has 1 aliphatic heterocycles. The monoisotopic (exact) mass is 286 g/mol. The first-order chi connectivity index (χ1) is 9.63. The molecule has 0 bridgehead atoms. The predicted octanol–water partition coefficient (Wildman–Crippen LogP) is 2.70. The molecule has 2 unspecified atom stereocenters. The Morgan fingerprint density at radius 1 is 1.10 bits per heavy atom. The van der Waals surface area contributed by atoms with Gasteiger partial charge in [0.15, 0.2) is 0 Å². The van der Waals surface area contributed by atoms with Crippen LogP contribution in [0.1, 0.15) is 46.5 Å². The minimum absolute atomic E-state index is 0.0399. The lowest BCUT2D eigenvalue weighted by molar-refractivity contribution is 0.00912. The second kappa shape index (κ2) is 9.19. The van der Waals surface area contributed by atoms with Crippen molar-refractivity contribution in [2.45, 2.75) is 58.5 Å². The molecule has 1 aliphatic rings. The summed E-state index contributed by atoms with van der Waals surface area (Å²) in [5.41, 5.74) is 0. The van der Waals surface area contributed by atoms with Gasteiger partial charge in [0, 0.05) is 20.3 Å². The molecule has 0 aromatic rings. The lowest BCUT2D eigenvalue weighted by atomic mass is 10.1. The summed E-state index contributed by atoms with van der Waals surface area (Å²) in [5.74, 6) is 0. The van der Waals surface area contributed by atoms with Gasteiger partial charge in [-0.15, -0.1) is 0 Å². The highest BCUT2D eigenvalue weighted by atomic mass is 16.5. The van der Waals surface area contributed by atoms with Crippen LogP contribution in [0.25, 0.3) is 0 Å². The van der Waals surface area contributed by atoms with Crippen molar-refractivity contribution in [3.8, 4) is 0 Å². The zero-order chi connectivity index (χ0) is 15.0. The number of ether oxygens (including phenoxy) is 2. The smallest absolute Gasteiger partial charge is 0.322 e. The average molecular weight is 286 g/mol. The molecule has 5 nitrogen and oxygen atoms in total. The molecule has 1 saturated heterocycles. The van der Waals surface area contributed by atoms with Gasteiger partial charge in [-0.05, 0) is 19.8 Å². The van der Waals surface area contributed by atoms with Gasteiger partial charge in [0.05, 0.1) is 18.7 Å². The third kappa shape index (κ3) is 4.63. The molecule has 0 aromatic heterocycles. The van der Waals surface area contributed by atoms with Crippen molar-refractivity contribution in [3.63, 3.8) is 0 Å². The van der Waals surface area contributed by atoms with E-state index in [1.165, 1.54) is 0 Å². The molecule has 1 heterocycles. The SMILES string of the molecule is CCCCOCC1C(C)N(C)C(=O)N1COCCCC. The van der Waals surface area contributed by atoms with Crippen LogP contribution >= 0.6 is 0 Å². The number of urea groups is 1.